The zero-order valence-corrected chi connectivity index (χ0v) is 20.9. The lowest BCUT2D eigenvalue weighted by atomic mass is 9.97. The van der Waals surface area contributed by atoms with Crippen LogP contribution < -0.4 is 15.4 Å². The summed E-state index contributed by atoms with van der Waals surface area (Å²) in [6.07, 6.45) is -2.80. The lowest BCUT2D eigenvalue weighted by Crippen LogP contribution is -2.28. The van der Waals surface area contributed by atoms with E-state index >= 15 is 0 Å². The van der Waals surface area contributed by atoms with E-state index in [2.05, 4.69) is 15.6 Å². The van der Waals surface area contributed by atoms with Crippen molar-refractivity contribution in [1.29, 1.82) is 0 Å². The normalized spacial score (nSPS) is 11.4. The minimum Gasteiger partial charge on any atom is -0.484 e. The Morgan fingerprint density at radius 3 is 2.32 bits per heavy atom. The van der Waals surface area contributed by atoms with Crippen molar-refractivity contribution in [2.24, 2.45) is 0 Å². The van der Waals surface area contributed by atoms with Crippen LogP contribution in [-0.4, -0.2) is 41.2 Å². The molecule has 0 bridgehead atoms. The van der Waals surface area contributed by atoms with E-state index < -0.39 is 42.6 Å². The molecule has 0 aliphatic carbocycles. The van der Waals surface area contributed by atoms with Crippen molar-refractivity contribution in [1.82, 2.24) is 4.98 Å². The van der Waals surface area contributed by atoms with Gasteiger partial charge in [0.1, 0.15) is 11.4 Å². The lowest BCUT2D eigenvalue weighted by Gasteiger charge is -2.21. The van der Waals surface area contributed by atoms with Gasteiger partial charge in [-0.05, 0) is 44.5 Å². The fraction of sp³-hybridized carbons (Fsp3) is 0.259. The Bertz CT molecular complexity index is 1310. The van der Waals surface area contributed by atoms with E-state index in [1.165, 1.54) is 12.1 Å². The molecule has 8 nitrogen and oxygen atoms in total. The fourth-order valence-electron chi connectivity index (χ4n) is 3.34. The van der Waals surface area contributed by atoms with Gasteiger partial charge < -0.3 is 14.8 Å². The van der Waals surface area contributed by atoms with Gasteiger partial charge in [-0.2, -0.15) is 13.2 Å². The maximum Gasteiger partial charge on any atom is 0.422 e. The van der Waals surface area contributed by atoms with Crippen LogP contribution in [-0.2, 0) is 9.53 Å². The summed E-state index contributed by atoms with van der Waals surface area (Å²) in [5.74, 6) is -1.37. The number of pyridine rings is 1. The van der Waals surface area contributed by atoms with Gasteiger partial charge in [-0.25, -0.2) is 4.79 Å². The molecule has 3 aromatic rings. The Labute approximate surface area is 217 Å². The predicted octanol–water partition coefficient (Wildman–Crippen LogP) is 6.25. The monoisotopic (exact) mass is 529 g/mol. The molecule has 38 heavy (non-hydrogen) atoms. The first-order valence-corrected chi connectivity index (χ1v) is 11.5. The molecule has 0 aliphatic rings. The number of aromatic nitrogens is 1. The van der Waals surface area contributed by atoms with E-state index in [1.807, 2.05) is 0 Å². The largest absolute Gasteiger partial charge is 0.484 e. The molecular weight excluding hydrogens is 503 g/mol. The van der Waals surface area contributed by atoms with E-state index in [0.717, 1.165) is 6.07 Å². The third kappa shape index (κ3) is 8.61. The third-order valence-corrected chi connectivity index (χ3v) is 4.82. The summed E-state index contributed by atoms with van der Waals surface area (Å²) in [4.78, 5) is 42.1. The second kappa shape index (κ2) is 11.8. The zero-order valence-electron chi connectivity index (χ0n) is 20.9. The number of hydrogen-bond donors (Lipinski definition) is 2. The van der Waals surface area contributed by atoms with Gasteiger partial charge in [0, 0.05) is 29.6 Å². The van der Waals surface area contributed by atoms with Gasteiger partial charge in [0.25, 0.3) is 0 Å². The highest BCUT2D eigenvalue weighted by Gasteiger charge is 2.28. The van der Waals surface area contributed by atoms with Crippen LogP contribution in [0.5, 0.6) is 5.75 Å². The first-order chi connectivity index (χ1) is 17.8. The average Bonchev–Trinajstić information content (AvgIpc) is 2.83. The summed E-state index contributed by atoms with van der Waals surface area (Å²) >= 11 is 0. The first-order valence-electron chi connectivity index (χ1n) is 11.5. The Hall–Kier alpha value is -4.41. The summed E-state index contributed by atoms with van der Waals surface area (Å²) in [6, 6.07) is 13.9. The number of halogens is 3. The molecule has 0 unspecified atom stereocenters. The smallest absolute Gasteiger partial charge is 0.422 e. The second-order valence-electron chi connectivity index (χ2n) is 9.17. The molecule has 0 fully saturated rings. The van der Waals surface area contributed by atoms with Crippen LogP contribution in [0.3, 0.4) is 0 Å². The second-order valence-corrected chi connectivity index (χ2v) is 9.17. The molecule has 2 amide bonds. The van der Waals surface area contributed by atoms with Crippen LogP contribution in [0.4, 0.5) is 29.3 Å². The van der Waals surface area contributed by atoms with Gasteiger partial charge in [0.05, 0.1) is 17.8 Å². The Morgan fingerprint density at radius 2 is 1.66 bits per heavy atom. The van der Waals surface area contributed by atoms with Crippen molar-refractivity contribution >= 4 is 29.2 Å². The van der Waals surface area contributed by atoms with Crippen molar-refractivity contribution in [3.05, 3.63) is 72.6 Å². The molecule has 200 valence electrons. The molecule has 3 rings (SSSR count). The fourth-order valence-corrected chi connectivity index (χ4v) is 3.34. The molecule has 1 aromatic heterocycles. The van der Waals surface area contributed by atoms with Gasteiger partial charge in [0.15, 0.2) is 12.4 Å². The van der Waals surface area contributed by atoms with Gasteiger partial charge in [-0.15, -0.1) is 0 Å². The molecule has 2 N–H and O–H groups in total. The number of carbonyl (C=O) groups is 3. The van der Waals surface area contributed by atoms with Crippen molar-refractivity contribution < 1.29 is 37.0 Å². The zero-order chi connectivity index (χ0) is 27.9. The van der Waals surface area contributed by atoms with Gasteiger partial charge in [-0.3, -0.25) is 19.9 Å². The van der Waals surface area contributed by atoms with Crippen LogP contribution in [0.25, 0.3) is 11.1 Å². The number of rotatable bonds is 8. The quantitative estimate of drug-likeness (QED) is 0.264. The molecule has 11 heteroatoms. The highest BCUT2D eigenvalue weighted by Crippen LogP contribution is 2.30. The van der Waals surface area contributed by atoms with E-state index in [4.69, 9.17) is 9.47 Å². The number of anilines is 2. The van der Waals surface area contributed by atoms with Crippen LogP contribution in [0.15, 0.2) is 67.0 Å². The van der Waals surface area contributed by atoms with Crippen LogP contribution in [0, 0.1) is 0 Å². The van der Waals surface area contributed by atoms with E-state index in [9.17, 15) is 27.6 Å². The van der Waals surface area contributed by atoms with Crippen LogP contribution in [0.2, 0.25) is 0 Å². The maximum absolute atomic E-state index is 13.0. The lowest BCUT2D eigenvalue weighted by molar-refractivity contribution is -0.153. The number of ether oxygens (including phenoxy) is 2. The van der Waals surface area contributed by atoms with E-state index in [-0.39, 0.29) is 17.1 Å². The predicted molar refractivity (Wildman–Crippen MR) is 135 cm³/mol. The molecule has 0 saturated carbocycles. The number of nitrogens with zero attached hydrogens (tertiary/aromatic N) is 1. The number of benzene rings is 2. The molecule has 0 atom stereocenters. The summed E-state index contributed by atoms with van der Waals surface area (Å²) in [7, 11) is 0. The molecule has 0 spiro atoms. The SMILES string of the molecule is CC(C)(C)OC(=O)Nc1cc(OCC(F)(F)F)ccc1NC(=O)CC(=O)c1ccccc1-c1cccnc1. The summed E-state index contributed by atoms with van der Waals surface area (Å²) in [6.45, 7) is 3.35. The molecule has 0 saturated heterocycles. The number of amides is 2. The Balaban J connectivity index is 1.79. The van der Waals surface area contributed by atoms with Crippen molar-refractivity contribution in [2.75, 3.05) is 17.2 Å². The minimum absolute atomic E-state index is 0.0357. The number of alkyl halides is 3. The molecule has 0 aliphatic heterocycles. The van der Waals surface area contributed by atoms with Gasteiger partial charge in [0.2, 0.25) is 5.91 Å². The van der Waals surface area contributed by atoms with Crippen LogP contribution >= 0.6 is 0 Å². The van der Waals surface area contributed by atoms with Crippen molar-refractivity contribution in [3.63, 3.8) is 0 Å². The summed E-state index contributed by atoms with van der Waals surface area (Å²) in [5, 5.41) is 4.91. The van der Waals surface area contributed by atoms with E-state index in [1.54, 1.807) is 69.6 Å². The van der Waals surface area contributed by atoms with Crippen molar-refractivity contribution in [2.45, 2.75) is 39.0 Å². The van der Waals surface area contributed by atoms with Crippen molar-refractivity contribution in [3.8, 4) is 16.9 Å². The molecular formula is C27H26F3N3O5. The standard InChI is InChI=1S/C27H26F3N3O5/c1-26(2,3)38-25(36)33-22-13-18(37-16-27(28,29)30)10-11-21(22)32-24(35)14-23(34)20-9-5-4-8-19(20)17-7-6-12-31-15-17/h4-13,15H,14,16H2,1-3H3,(H,32,35)(H,33,36). The highest BCUT2D eigenvalue weighted by molar-refractivity contribution is 6.14. The van der Waals surface area contributed by atoms with Crippen LogP contribution in [0.1, 0.15) is 37.6 Å². The minimum atomic E-state index is -4.57. The number of carbonyl (C=O) groups excluding carboxylic acids is 3. The Kier molecular flexibility index (Phi) is 8.72. The average molecular weight is 530 g/mol. The maximum atomic E-state index is 13.0. The number of Topliss-reactive ketones (excluding diaryl/α,β-unsaturated/α-hetero) is 1. The first kappa shape index (κ1) is 28.2. The van der Waals surface area contributed by atoms with Gasteiger partial charge in [-0.1, -0.05) is 30.3 Å². The highest BCUT2D eigenvalue weighted by atomic mass is 19.4. The summed E-state index contributed by atoms with van der Waals surface area (Å²) < 4.78 is 47.7. The third-order valence-electron chi connectivity index (χ3n) is 4.82. The number of ketones is 1. The molecule has 1 heterocycles. The number of nitrogens with one attached hydrogen (secondary N) is 2. The topological polar surface area (TPSA) is 107 Å². The summed E-state index contributed by atoms with van der Waals surface area (Å²) in [5.41, 5.74) is 0.737. The molecule has 0 radical (unpaired) electrons. The van der Waals surface area contributed by atoms with E-state index in [0.29, 0.717) is 16.7 Å². The van der Waals surface area contributed by atoms with Gasteiger partial charge >= 0.3 is 12.3 Å². The Morgan fingerprint density at radius 1 is 0.921 bits per heavy atom. The molecule has 2 aromatic carbocycles. The number of hydrogen-bond acceptors (Lipinski definition) is 6.